The maximum atomic E-state index is 10.7. The molecule has 0 heterocycles. The summed E-state index contributed by atoms with van der Waals surface area (Å²) in [7, 11) is -4.12. The van der Waals surface area contributed by atoms with Gasteiger partial charge in [0, 0.05) is 6.54 Å². The Morgan fingerprint density at radius 2 is 2.15 bits per heavy atom. The van der Waals surface area contributed by atoms with Gasteiger partial charge in [0.25, 0.3) is 0 Å². The zero-order chi connectivity index (χ0) is 10.5. The van der Waals surface area contributed by atoms with Crippen molar-refractivity contribution in [3.8, 4) is 0 Å². The van der Waals surface area contributed by atoms with Gasteiger partial charge in [-0.3, -0.25) is 9.36 Å². The molecular weight excluding hydrogens is 197 g/mol. The molecule has 0 saturated heterocycles. The van der Waals surface area contributed by atoms with Crippen molar-refractivity contribution in [2.75, 3.05) is 6.54 Å². The highest BCUT2D eigenvalue weighted by Gasteiger charge is 2.26. The molecule has 2 N–H and O–H groups in total. The van der Waals surface area contributed by atoms with Gasteiger partial charge in [-0.15, -0.1) is 0 Å². The van der Waals surface area contributed by atoms with Crippen LogP contribution in [0.25, 0.3) is 0 Å². The molecule has 0 spiro atoms. The second kappa shape index (κ2) is 5.34. The minimum atomic E-state index is -4.12. The first kappa shape index (κ1) is 12.6. The second-order valence-electron chi connectivity index (χ2n) is 2.69. The van der Waals surface area contributed by atoms with E-state index in [2.05, 4.69) is 0 Å². The van der Waals surface area contributed by atoms with Crippen LogP contribution in [0.2, 0.25) is 0 Å². The van der Waals surface area contributed by atoms with Crippen molar-refractivity contribution in [1.82, 2.24) is 5.06 Å². The van der Waals surface area contributed by atoms with Crippen LogP contribution in [0.3, 0.4) is 0 Å². The summed E-state index contributed by atoms with van der Waals surface area (Å²) < 4.78 is 10.7. The van der Waals surface area contributed by atoms with Gasteiger partial charge in [-0.05, 0) is 12.8 Å². The molecule has 7 heteroatoms. The van der Waals surface area contributed by atoms with Crippen LogP contribution in [-0.4, -0.2) is 33.5 Å². The lowest BCUT2D eigenvalue weighted by Gasteiger charge is -2.25. The van der Waals surface area contributed by atoms with E-state index in [-0.39, 0.29) is 30.9 Å². The summed E-state index contributed by atoms with van der Waals surface area (Å²) in [5, 5.41) is 10.6. The molecule has 1 amide bonds. The average molecular weight is 210 g/mol. The van der Waals surface area contributed by atoms with Gasteiger partial charge in [-0.2, -0.15) is 0 Å². The van der Waals surface area contributed by atoms with Crippen LogP contribution in [0.5, 0.6) is 0 Å². The minimum Gasteiger partial charge on any atom is -0.756 e. The highest BCUT2D eigenvalue weighted by Crippen LogP contribution is 2.44. The maximum Gasteiger partial charge on any atom is 0.328 e. The average Bonchev–Trinajstić information content (AvgIpc) is 2.02. The van der Waals surface area contributed by atoms with Crippen molar-refractivity contribution in [3.63, 3.8) is 0 Å². The van der Waals surface area contributed by atoms with Gasteiger partial charge in [0.1, 0.15) is 0 Å². The third-order valence-electron chi connectivity index (χ3n) is 1.75. The van der Waals surface area contributed by atoms with Crippen LogP contribution >= 0.6 is 7.60 Å². The van der Waals surface area contributed by atoms with Gasteiger partial charge in [0.2, 0.25) is 0 Å². The molecule has 0 aliphatic rings. The molecule has 1 unspecified atom stereocenters. The molecule has 0 bridgehead atoms. The van der Waals surface area contributed by atoms with E-state index in [9.17, 15) is 14.6 Å². The summed E-state index contributed by atoms with van der Waals surface area (Å²) in [5.74, 6) is 0. The van der Waals surface area contributed by atoms with E-state index >= 15 is 0 Å². The van der Waals surface area contributed by atoms with Crippen LogP contribution in [0.4, 0.5) is 0 Å². The largest absolute Gasteiger partial charge is 0.756 e. The monoisotopic (exact) mass is 210 g/mol. The Morgan fingerprint density at radius 1 is 1.62 bits per heavy atom. The van der Waals surface area contributed by atoms with E-state index in [0.29, 0.717) is 0 Å². The van der Waals surface area contributed by atoms with Crippen LogP contribution in [0, 0.1) is 5.21 Å². The smallest absolute Gasteiger partial charge is 0.328 e. The van der Waals surface area contributed by atoms with Gasteiger partial charge in [-0.1, -0.05) is 6.92 Å². The van der Waals surface area contributed by atoms with Gasteiger partial charge in [-0.25, -0.2) is 0 Å². The summed E-state index contributed by atoms with van der Waals surface area (Å²) in [5.41, 5.74) is -0.830. The van der Waals surface area contributed by atoms with Crippen LogP contribution in [-0.2, 0) is 9.36 Å². The number of hydrogen-bond acceptors (Lipinski definition) is 3. The fraction of sp³-hybridized carbons (Fsp3) is 0.833. The summed E-state index contributed by atoms with van der Waals surface area (Å²) in [4.78, 5) is 27.4. The third kappa shape index (κ3) is 5.00. The van der Waals surface area contributed by atoms with Gasteiger partial charge in [0.15, 0.2) is 6.41 Å². The van der Waals surface area contributed by atoms with Crippen molar-refractivity contribution in [2.45, 2.75) is 25.4 Å². The summed E-state index contributed by atoms with van der Waals surface area (Å²) in [6.07, 6.45) is 0.409. The fourth-order valence-electron chi connectivity index (χ4n) is 0.939. The Kier molecular flexibility index (Phi) is 5.17. The summed E-state index contributed by atoms with van der Waals surface area (Å²) in [6.45, 7) is 1.45. The molecule has 0 aromatic heterocycles. The van der Waals surface area contributed by atoms with Crippen LogP contribution in [0.1, 0.15) is 19.8 Å². The normalized spacial score (nSPS) is 13.8. The molecule has 0 radical (unpaired) electrons. The minimum absolute atomic E-state index is 0.0308. The molecule has 0 aliphatic carbocycles. The molecule has 78 valence electrons. The molecule has 6 nitrogen and oxygen atoms in total. The number of amides is 1. The number of rotatable bonds is 6. The first-order valence-electron chi connectivity index (χ1n) is 3.86. The van der Waals surface area contributed by atoms with Gasteiger partial charge < -0.3 is 20.1 Å². The van der Waals surface area contributed by atoms with Crippen LogP contribution in [0.15, 0.2) is 0 Å². The van der Waals surface area contributed by atoms with E-state index in [1.807, 2.05) is 0 Å². The maximum absolute atomic E-state index is 10.7. The Morgan fingerprint density at radius 3 is 2.46 bits per heavy atom. The predicted molar refractivity (Wildman–Crippen MR) is 46.9 cm³/mol. The SMILES string of the molecule is CCC(CCN([O-])C=O)P(=O)(O)O. The van der Waals surface area contributed by atoms with Gasteiger partial charge >= 0.3 is 7.60 Å². The lowest BCUT2D eigenvalue weighted by molar-refractivity contribution is -0.116. The topological polar surface area (TPSA) is 101 Å². The van der Waals surface area contributed by atoms with Crippen molar-refractivity contribution in [3.05, 3.63) is 5.21 Å². The molecule has 0 aromatic rings. The Hall–Kier alpha value is -0.420. The molecule has 13 heavy (non-hydrogen) atoms. The fourth-order valence-corrected chi connectivity index (χ4v) is 1.87. The van der Waals surface area contributed by atoms with Crippen molar-refractivity contribution in [2.24, 2.45) is 0 Å². The second-order valence-corrected chi connectivity index (χ2v) is 4.59. The zero-order valence-corrected chi connectivity index (χ0v) is 8.18. The molecule has 1 atom stereocenters. The molecule has 0 aliphatic heterocycles. The van der Waals surface area contributed by atoms with Gasteiger partial charge in [0.05, 0.1) is 5.66 Å². The first-order valence-corrected chi connectivity index (χ1v) is 5.54. The van der Waals surface area contributed by atoms with E-state index in [1.54, 1.807) is 6.92 Å². The first-order chi connectivity index (χ1) is 5.91. The molecule has 0 fully saturated rings. The summed E-state index contributed by atoms with van der Waals surface area (Å²) >= 11 is 0. The number of carbonyl (C=O) groups is 1. The van der Waals surface area contributed by atoms with Crippen molar-refractivity contribution in [1.29, 1.82) is 0 Å². The van der Waals surface area contributed by atoms with Crippen molar-refractivity contribution < 1.29 is 19.1 Å². The number of nitrogens with zero attached hydrogens (tertiary/aromatic N) is 1. The number of carbonyl (C=O) groups excluding carboxylic acids is 1. The third-order valence-corrected chi connectivity index (χ3v) is 3.32. The van der Waals surface area contributed by atoms with E-state index in [4.69, 9.17) is 9.79 Å². The molecule has 0 saturated carbocycles. The lowest BCUT2D eigenvalue weighted by Crippen LogP contribution is -2.20. The molecule has 0 rings (SSSR count). The quantitative estimate of drug-likeness (QED) is 0.372. The lowest BCUT2D eigenvalue weighted by atomic mass is 10.2. The number of hydrogen-bond donors (Lipinski definition) is 2. The van der Waals surface area contributed by atoms with Crippen LogP contribution < -0.4 is 0 Å². The molecular formula is C6H13NO5P-. The predicted octanol–water partition coefficient (Wildman–Crippen LogP) is 0.289. The van der Waals surface area contributed by atoms with Crippen molar-refractivity contribution >= 4 is 14.0 Å². The highest BCUT2D eigenvalue weighted by molar-refractivity contribution is 7.52. The highest BCUT2D eigenvalue weighted by atomic mass is 31.2. The van der Waals surface area contributed by atoms with E-state index in [0.717, 1.165) is 0 Å². The van der Waals surface area contributed by atoms with E-state index in [1.165, 1.54) is 0 Å². The standard InChI is InChI=1S/C6H13NO5P/c1-2-6(13(10,11)12)3-4-7(9)5-8/h5-6H,2-4H2,1H3,(H2,10,11,12)/q-1. The number of hydroxylamine groups is 2. The Balaban J connectivity index is 4.00. The Labute approximate surface area is 76.3 Å². The zero-order valence-electron chi connectivity index (χ0n) is 7.29. The molecule has 0 aromatic carbocycles. The summed E-state index contributed by atoms with van der Waals surface area (Å²) in [6, 6.07) is 0. The Bertz CT molecular complexity index is 203. The van der Waals surface area contributed by atoms with E-state index < -0.39 is 13.3 Å².